The van der Waals surface area contributed by atoms with Crippen LogP contribution in [0.5, 0.6) is 11.5 Å². The number of anilines is 1. The van der Waals surface area contributed by atoms with E-state index in [9.17, 15) is 4.79 Å². The third-order valence-corrected chi connectivity index (χ3v) is 4.92. The number of benzene rings is 1. The standard InChI is InChI=1S/C21H28N4O3/c1-14(2)5-7-22-20-11-17(23-13-24-20)21(26)25-8-6-15-9-18(27-3)19(28-4)10-16(15)12-25/h9-11,13-14H,5-8,12H2,1-4H3,(H,22,23,24). The molecule has 1 aliphatic heterocycles. The van der Waals surface area contributed by atoms with Gasteiger partial charge in [0.25, 0.3) is 5.91 Å². The lowest BCUT2D eigenvalue weighted by Gasteiger charge is -2.29. The van der Waals surface area contributed by atoms with E-state index >= 15 is 0 Å². The van der Waals surface area contributed by atoms with Gasteiger partial charge in [-0.2, -0.15) is 0 Å². The first-order chi connectivity index (χ1) is 13.5. The van der Waals surface area contributed by atoms with E-state index in [0.29, 0.717) is 42.0 Å². The summed E-state index contributed by atoms with van der Waals surface area (Å²) in [6.07, 6.45) is 3.25. The number of nitrogens with one attached hydrogen (secondary N) is 1. The number of rotatable bonds is 7. The fourth-order valence-electron chi connectivity index (χ4n) is 3.28. The molecule has 3 rings (SSSR count). The van der Waals surface area contributed by atoms with Gasteiger partial charge in [0, 0.05) is 25.7 Å². The van der Waals surface area contributed by atoms with E-state index in [1.54, 1.807) is 20.3 Å². The number of carbonyl (C=O) groups is 1. The number of hydrogen-bond acceptors (Lipinski definition) is 6. The minimum Gasteiger partial charge on any atom is -0.493 e. The first-order valence-corrected chi connectivity index (χ1v) is 9.60. The molecular weight excluding hydrogens is 356 g/mol. The maximum atomic E-state index is 13.0. The molecule has 7 heteroatoms. The maximum Gasteiger partial charge on any atom is 0.272 e. The summed E-state index contributed by atoms with van der Waals surface area (Å²) in [5.41, 5.74) is 2.66. The van der Waals surface area contributed by atoms with Crippen molar-refractivity contribution in [1.82, 2.24) is 14.9 Å². The van der Waals surface area contributed by atoms with Crippen LogP contribution >= 0.6 is 0 Å². The number of amides is 1. The van der Waals surface area contributed by atoms with Gasteiger partial charge >= 0.3 is 0 Å². The van der Waals surface area contributed by atoms with Crippen LogP contribution in [0, 0.1) is 5.92 Å². The molecule has 0 radical (unpaired) electrons. The second-order valence-electron chi connectivity index (χ2n) is 7.35. The van der Waals surface area contributed by atoms with Crippen LogP contribution in [0.2, 0.25) is 0 Å². The highest BCUT2D eigenvalue weighted by Crippen LogP contribution is 2.33. The molecule has 0 bridgehead atoms. The molecule has 0 saturated carbocycles. The molecule has 2 heterocycles. The van der Waals surface area contributed by atoms with Crippen molar-refractivity contribution < 1.29 is 14.3 Å². The lowest BCUT2D eigenvalue weighted by Crippen LogP contribution is -2.36. The van der Waals surface area contributed by atoms with Gasteiger partial charge in [-0.25, -0.2) is 9.97 Å². The summed E-state index contributed by atoms with van der Waals surface area (Å²) in [5, 5.41) is 3.27. The highest BCUT2D eigenvalue weighted by atomic mass is 16.5. The fourth-order valence-corrected chi connectivity index (χ4v) is 3.28. The van der Waals surface area contributed by atoms with Gasteiger partial charge < -0.3 is 19.7 Å². The Balaban J connectivity index is 1.72. The minimum atomic E-state index is -0.0882. The molecule has 7 nitrogen and oxygen atoms in total. The predicted octanol–water partition coefficient (Wildman–Crippen LogP) is 3.15. The predicted molar refractivity (Wildman–Crippen MR) is 108 cm³/mol. The van der Waals surface area contributed by atoms with E-state index in [1.807, 2.05) is 17.0 Å². The van der Waals surface area contributed by atoms with Crippen molar-refractivity contribution in [3.05, 3.63) is 41.3 Å². The van der Waals surface area contributed by atoms with Crippen LogP contribution in [-0.4, -0.2) is 48.1 Å². The van der Waals surface area contributed by atoms with Gasteiger partial charge in [-0.1, -0.05) is 13.8 Å². The number of ether oxygens (including phenoxy) is 2. The normalized spacial score (nSPS) is 13.2. The summed E-state index contributed by atoms with van der Waals surface area (Å²) in [5.74, 6) is 2.60. The Morgan fingerprint density at radius 2 is 1.86 bits per heavy atom. The van der Waals surface area contributed by atoms with E-state index in [2.05, 4.69) is 29.1 Å². The largest absolute Gasteiger partial charge is 0.493 e. The zero-order chi connectivity index (χ0) is 20.1. The van der Waals surface area contributed by atoms with Crippen LogP contribution in [0.1, 0.15) is 41.9 Å². The Bertz CT molecular complexity index is 838. The van der Waals surface area contributed by atoms with E-state index in [1.165, 1.54) is 11.9 Å². The van der Waals surface area contributed by atoms with Gasteiger partial charge in [0.05, 0.1) is 14.2 Å². The lowest BCUT2D eigenvalue weighted by atomic mass is 9.98. The highest BCUT2D eigenvalue weighted by molar-refractivity contribution is 5.93. The summed E-state index contributed by atoms with van der Waals surface area (Å²) in [6.45, 7) is 6.34. The monoisotopic (exact) mass is 384 g/mol. The molecule has 0 unspecified atom stereocenters. The number of aromatic nitrogens is 2. The van der Waals surface area contributed by atoms with E-state index < -0.39 is 0 Å². The fraction of sp³-hybridized carbons (Fsp3) is 0.476. The zero-order valence-corrected chi connectivity index (χ0v) is 17.0. The number of nitrogens with zero attached hydrogens (tertiary/aromatic N) is 3. The molecule has 0 spiro atoms. The lowest BCUT2D eigenvalue weighted by molar-refractivity contribution is 0.0728. The molecule has 1 amide bonds. The maximum absolute atomic E-state index is 13.0. The van der Waals surface area contributed by atoms with E-state index in [0.717, 1.165) is 24.9 Å². The number of methoxy groups -OCH3 is 2. The van der Waals surface area contributed by atoms with Crippen LogP contribution in [0.4, 0.5) is 5.82 Å². The molecule has 2 aromatic rings. The molecule has 1 N–H and O–H groups in total. The summed E-state index contributed by atoms with van der Waals surface area (Å²) in [6, 6.07) is 5.68. The average Bonchev–Trinajstić information content (AvgIpc) is 2.71. The Hall–Kier alpha value is -2.83. The van der Waals surface area contributed by atoms with Gasteiger partial charge in [-0.15, -0.1) is 0 Å². The molecule has 150 valence electrons. The molecule has 0 aliphatic carbocycles. The molecule has 0 saturated heterocycles. The van der Waals surface area contributed by atoms with Gasteiger partial charge in [0.15, 0.2) is 11.5 Å². The van der Waals surface area contributed by atoms with Crippen molar-refractivity contribution >= 4 is 11.7 Å². The van der Waals surface area contributed by atoms with Crippen LogP contribution in [0.3, 0.4) is 0 Å². The van der Waals surface area contributed by atoms with Crippen LogP contribution in [-0.2, 0) is 13.0 Å². The zero-order valence-electron chi connectivity index (χ0n) is 17.0. The van der Waals surface area contributed by atoms with Crippen molar-refractivity contribution in [3.8, 4) is 11.5 Å². The Kier molecular flexibility index (Phi) is 6.34. The molecule has 1 aromatic heterocycles. The molecule has 1 aliphatic rings. The Labute approximate surface area is 166 Å². The van der Waals surface area contributed by atoms with Gasteiger partial charge in [-0.3, -0.25) is 4.79 Å². The third kappa shape index (κ3) is 4.52. The van der Waals surface area contributed by atoms with E-state index in [4.69, 9.17) is 9.47 Å². The first-order valence-electron chi connectivity index (χ1n) is 9.60. The summed E-state index contributed by atoms with van der Waals surface area (Å²) >= 11 is 0. The van der Waals surface area contributed by atoms with Gasteiger partial charge in [0.2, 0.25) is 0 Å². The molecular formula is C21H28N4O3. The molecule has 28 heavy (non-hydrogen) atoms. The SMILES string of the molecule is COc1cc2c(cc1OC)CN(C(=O)c1cc(NCCC(C)C)ncn1)CC2. The van der Waals surface area contributed by atoms with Crippen molar-refractivity contribution in [2.75, 3.05) is 32.6 Å². The van der Waals surface area contributed by atoms with E-state index in [-0.39, 0.29) is 5.91 Å². The Morgan fingerprint density at radius 1 is 1.14 bits per heavy atom. The number of carbonyl (C=O) groups excluding carboxylic acids is 1. The van der Waals surface area contributed by atoms with Crippen molar-refractivity contribution in [3.63, 3.8) is 0 Å². The second-order valence-corrected chi connectivity index (χ2v) is 7.35. The van der Waals surface area contributed by atoms with Crippen LogP contribution in [0.25, 0.3) is 0 Å². The van der Waals surface area contributed by atoms with Crippen molar-refractivity contribution in [1.29, 1.82) is 0 Å². The molecule has 0 fully saturated rings. The van der Waals surface area contributed by atoms with Crippen molar-refractivity contribution in [2.24, 2.45) is 5.92 Å². The Morgan fingerprint density at radius 3 is 2.54 bits per heavy atom. The van der Waals surface area contributed by atoms with Gasteiger partial charge in [-0.05, 0) is 42.0 Å². The quantitative estimate of drug-likeness (QED) is 0.790. The van der Waals surface area contributed by atoms with Crippen LogP contribution in [0.15, 0.2) is 24.5 Å². The number of hydrogen-bond donors (Lipinski definition) is 1. The van der Waals surface area contributed by atoms with Crippen LogP contribution < -0.4 is 14.8 Å². The van der Waals surface area contributed by atoms with Gasteiger partial charge in [0.1, 0.15) is 17.8 Å². The summed E-state index contributed by atoms with van der Waals surface area (Å²) in [7, 11) is 3.25. The summed E-state index contributed by atoms with van der Waals surface area (Å²) in [4.78, 5) is 23.2. The minimum absolute atomic E-state index is 0.0882. The topological polar surface area (TPSA) is 76.6 Å². The average molecular weight is 384 g/mol. The summed E-state index contributed by atoms with van der Waals surface area (Å²) < 4.78 is 10.8. The number of fused-ring (bicyclic) bond motifs is 1. The third-order valence-electron chi connectivity index (χ3n) is 4.92. The first kappa shape index (κ1) is 19.9. The highest BCUT2D eigenvalue weighted by Gasteiger charge is 2.24. The molecule has 0 atom stereocenters. The van der Waals surface area contributed by atoms with Crippen molar-refractivity contribution in [2.45, 2.75) is 33.2 Å². The molecule has 1 aromatic carbocycles. The smallest absolute Gasteiger partial charge is 0.272 e. The second kappa shape index (κ2) is 8.91.